The zero-order valence-corrected chi connectivity index (χ0v) is 15.6. The number of thioether (sulfide) groups is 1. The molecule has 1 aromatic carbocycles. The highest BCUT2D eigenvalue weighted by molar-refractivity contribution is 8.15. The molecule has 1 aliphatic heterocycles. The highest BCUT2D eigenvalue weighted by atomic mass is 32.2. The van der Waals surface area contributed by atoms with Crippen LogP contribution < -0.4 is 20.1 Å². The summed E-state index contributed by atoms with van der Waals surface area (Å²) in [6.07, 6.45) is 0.952. The van der Waals surface area contributed by atoms with Crippen LogP contribution in [0, 0.1) is 0 Å². The molecule has 2 atom stereocenters. The normalized spacial score (nSPS) is 19.4. The second-order valence-electron chi connectivity index (χ2n) is 5.61. The van der Waals surface area contributed by atoms with Gasteiger partial charge in [0.05, 0.1) is 19.9 Å². The van der Waals surface area contributed by atoms with Gasteiger partial charge in [-0.25, -0.2) is 0 Å². The van der Waals surface area contributed by atoms with Gasteiger partial charge in [0.15, 0.2) is 5.17 Å². The second kappa shape index (κ2) is 8.75. The van der Waals surface area contributed by atoms with Crippen LogP contribution in [0.4, 0.5) is 5.69 Å². The van der Waals surface area contributed by atoms with Gasteiger partial charge in [-0.15, -0.1) is 0 Å². The van der Waals surface area contributed by atoms with E-state index in [9.17, 15) is 9.59 Å². The molecule has 2 amide bonds. The third-order valence-corrected chi connectivity index (χ3v) is 4.85. The Balaban J connectivity index is 1.99. The molecule has 8 heteroatoms. The van der Waals surface area contributed by atoms with Crippen molar-refractivity contribution in [1.82, 2.24) is 5.32 Å². The minimum absolute atomic E-state index is 0.0607. The predicted octanol–water partition coefficient (Wildman–Crippen LogP) is 2.42. The Morgan fingerprint density at radius 1 is 1.40 bits per heavy atom. The van der Waals surface area contributed by atoms with Crippen LogP contribution in [0.5, 0.6) is 11.5 Å². The lowest BCUT2D eigenvalue weighted by atomic mass is 10.2. The van der Waals surface area contributed by atoms with E-state index in [0.717, 1.165) is 6.42 Å². The molecule has 0 aromatic heterocycles. The van der Waals surface area contributed by atoms with Crippen molar-refractivity contribution < 1.29 is 19.1 Å². The number of benzene rings is 1. The Labute approximate surface area is 151 Å². The number of amides is 2. The van der Waals surface area contributed by atoms with Crippen molar-refractivity contribution in [3.8, 4) is 11.5 Å². The molecule has 2 N–H and O–H groups in total. The number of aliphatic imine (C=N–C) groups is 1. The van der Waals surface area contributed by atoms with Crippen molar-refractivity contribution in [2.75, 3.05) is 19.5 Å². The average Bonchev–Trinajstić information content (AvgIpc) is 2.93. The number of methoxy groups -OCH3 is 2. The molecule has 0 saturated carbocycles. The Morgan fingerprint density at radius 3 is 2.80 bits per heavy atom. The molecular weight excluding hydrogens is 342 g/mol. The van der Waals surface area contributed by atoms with E-state index in [1.807, 2.05) is 13.8 Å². The Hall–Kier alpha value is -2.22. The summed E-state index contributed by atoms with van der Waals surface area (Å²) in [5, 5.41) is 5.61. The van der Waals surface area contributed by atoms with E-state index < -0.39 is 5.25 Å². The first-order valence-electron chi connectivity index (χ1n) is 8.04. The summed E-state index contributed by atoms with van der Waals surface area (Å²) < 4.78 is 10.4. The third-order valence-electron chi connectivity index (χ3n) is 3.76. The first-order valence-corrected chi connectivity index (χ1v) is 8.92. The van der Waals surface area contributed by atoms with Gasteiger partial charge in [-0.3, -0.25) is 14.6 Å². The summed E-state index contributed by atoms with van der Waals surface area (Å²) in [6, 6.07) is 5.25. The Bertz CT molecular complexity index is 678. The standard InChI is InChI=1S/C17H23N3O4S/c1-5-10(2)18-17-20-16(22)14(25-17)9-15(21)19-12-7-6-11(23-3)8-13(12)24-4/h6-8,10,14H,5,9H2,1-4H3,(H,19,21)(H,18,20,22). The van der Waals surface area contributed by atoms with Crippen LogP contribution in [0.1, 0.15) is 26.7 Å². The SMILES string of the molecule is CCC(C)N=C1NC(=O)C(CC(=O)Nc2ccc(OC)cc2OC)S1. The lowest BCUT2D eigenvalue weighted by molar-refractivity contribution is -0.122. The molecule has 0 aliphatic carbocycles. The lowest BCUT2D eigenvalue weighted by Crippen LogP contribution is -2.28. The number of hydrogen-bond acceptors (Lipinski definition) is 6. The predicted molar refractivity (Wildman–Crippen MR) is 99.5 cm³/mol. The van der Waals surface area contributed by atoms with Gasteiger partial charge < -0.3 is 20.1 Å². The Morgan fingerprint density at radius 2 is 2.16 bits per heavy atom. The number of carbonyl (C=O) groups is 2. The van der Waals surface area contributed by atoms with Crippen molar-refractivity contribution >= 4 is 34.4 Å². The average molecular weight is 365 g/mol. The summed E-state index contributed by atoms with van der Waals surface area (Å²) in [6.45, 7) is 4.01. The molecule has 1 saturated heterocycles. The van der Waals surface area contributed by atoms with Gasteiger partial charge in [0, 0.05) is 18.5 Å². The maximum absolute atomic E-state index is 12.3. The van der Waals surface area contributed by atoms with E-state index in [2.05, 4.69) is 15.6 Å². The van der Waals surface area contributed by atoms with Crippen LogP contribution in [0.15, 0.2) is 23.2 Å². The molecule has 1 fully saturated rings. The fraction of sp³-hybridized carbons (Fsp3) is 0.471. The van der Waals surface area contributed by atoms with Crippen LogP contribution in [0.3, 0.4) is 0 Å². The molecule has 2 unspecified atom stereocenters. The fourth-order valence-corrected chi connectivity index (χ4v) is 3.23. The molecule has 7 nitrogen and oxygen atoms in total. The van der Waals surface area contributed by atoms with Crippen molar-refractivity contribution in [3.05, 3.63) is 18.2 Å². The first kappa shape index (κ1) is 19.1. The maximum atomic E-state index is 12.3. The summed E-state index contributed by atoms with van der Waals surface area (Å²) >= 11 is 1.29. The van der Waals surface area contributed by atoms with Crippen LogP contribution in [-0.2, 0) is 9.59 Å². The van der Waals surface area contributed by atoms with Crippen molar-refractivity contribution in [2.24, 2.45) is 4.99 Å². The van der Waals surface area contributed by atoms with E-state index in [4.69, 9.17) is 9.47 Å². The van der Waals surface area contributed by atoms with Crippen LogP contribution in [0.2, 0.25) is 0 Å². The topological polar surface area (TPSA) is 89.0 Å². The highest BCUT2D eigenvalue weighted by Gasteiger charge is 2.32. The summed E-state index contributed by atoms with van der Waals surface area (Å²) in [7, 11) is 3.07. The van der Waals surface area contributed by atoms with E-state index in [-0.39, 0.29) is 24.3 Å². The quantitative estimate of drug-likeness (QED) is 0.775. The van der Waals surface area contributed by atoms with Gasteiger partial charge in [-0.2, -0.15) is 0 Å². The fourth-order valence-electron chi connectivity index (χ4n) is 2.16. The van der Waals surface area contributed by atoms with Crippen molar-refractivity contribution in [2.45, 2.75) is 38.0 Å². The minimum Gasteiger partial charge on any atom is -0.497 e. The van der Waals surface area contributed by atoms with Gasteiger partial charge in [-0.1, -0.05) is 18.7 Å². The number of rotatable bonds is 7. The van der Waals surface area contributed by atoms with Crippen molar-refractivity contribution in [1.29, 1.82) is 0 Å². The summed E-state index contributed by atoms with van der Waals surface area (Å²) in [5.74, 6) is 0.673. The summed E-state index contributed by atoms with van der Waals surface area (Å²) in [4.78, 5) is 28.7. The zero-order chi connectivity index (χ0) is 18.4. The molecule has 1 heterocycles. The van der Waals surface area contributed by atoms with Gasteiger partial charge in [0.2, 0.25) is 11.8 Å². The van der Waals surface area contributed by atoms with Gasteiger partial charge >= 0.3 is 0 Å². The molecule has 0 bridgehead atoms. The molecule has 0 radical (unpaired) electrons. The third kappa shape index (κ3) is 5.12. The second-order valence-corrected chi connectivity index (χ2v) is 6.80. The molecule has 25 heavy (non-hydrogen) atoms. The maximum Gasteiger partial charge on any atom is 0.240 e. The van der Waals surface area contributed by atoms with Gasteiger partial charge in [0.25, 0.3) is 0 Å². The largest absolute Gasteiger partial charge is 0.497 e. The first-order chi connectivity index (χ1) is 12.0. The molecular formula is C17H23N3O4S. The van der Waals surface area contributed by atoms with Gasteiger partial charge in [-0.05, 0) is 25.5 Å². The lowest BCUT2D eigenvalue weighted by Gasteiger charge is -2.12. The molecule has 1 aliphatic rings. The monoisotopic (exact) mass is 365 g/mol. The smallest absolute Gasteiger partial charge is 0.240 e. The summed E-state index contributed by atoms with van der Waals surface area (Å²) in [5.41, 5.74) is 0.533. The number of hydrogen-bond donors (Lipinski definition) is 2. The number of anilines is 1. The molecule has 1 aromatic rings. The number of nitrogens with zero attached hydrogens (tertiary/aromatic N) is 1. The van der Waals surface area contributed by atoms with E-state index in [1.165, 1.54) is 18.9 Å². The number of ether oxygens (including phenoxy) is 2. The number of amidine groups is 1. The highest BCUT2D eigenvalue weighted by Crippen LogP contribution is 2.30. The van der Waals surface area contributed by atoms with E-state index in [0.29, 0.717) is 22.4 Å². The Kier molecular flexibility index (Phi) is 6.69. The minimum atomic E-state index is -0.480. The zero-order valence-electron chi connectivity index (χ0n) is 14.8. The number of nitrogens with one attached hydrogen (secondary N) is 2. The number of carbonyl (C=O) groups excluding carboxylic acids is 2. The van der Waals surface area contributed by atoms with Crippen LogP contribution in [-0.4, -0.2) is 42.5 Å². The molecule has 2 rings (SSSR count). The molecule has 136 valence electrons. The molecule has 0 spiro atoms. The van der Waals surface area contributed by atoms with Crippen LogP contribution >= 0.6 is 11.8 Å². The van der Waals surface area contributed by atoms with Crippen LogP contribution in [0.25, 0.3) is 0 Å². The van der Waals surface area contributed by atoms with E-state index in [1.54, 1.807) is 25.3 Å². The van der Waals surface area contributed by atoms with Crippen molar-refractivity contribution in [3.63, 3.8) is 0 Å². The van der Waals surface area contributed by atoms with Gasteiger partial charge in [0.1, 0.15) is 16.7 Å². The van der Waals surface area contributed by atoms with E-state index >= 15 is 0 Å².